The van der Waals surface area contributed by atoms with Gasteiger partial charge in [0.05, 0.1) is 0 Å². The Bertz CT molecular complexity index is 563. The van der Waals surface area contributed by atoms with Crippen molar-refractivity contribution in [2.24, 2.45) is 10.7 Å². The maximum Gasteiger partial charge on any atom is 0.130 e. The van der Waals surface area contributed by atoms with Crippen molar-refractivity contribution in [2.75, 3.05) is 5.73 Å². The van der Waals surface area contributed by atoms with E-state index in [2.05, 4.69) is 4.99 Å². The maximum atomic E-state index is 5.86. The van der Waals surface area contributed by atoms with Gasteiger partial charge in [-0.25, -0.2) is 4.99 Å². The van der Waals surface area contributed by atoms with Gasteiger partial charge < -0.3 is 11.5 Å². The quantitative estimate of drug-likeness (QED) is 0.518. The highest BCUT2D eigenvalue weighted by Crippen LogP contribution is 2.07. The Morgan fingerprint density at radius 2 is 1.50 bits per heavy atom. The van der Waals surface area contributed by atoms with Gasteiger partial charge in [0, 0.05) is 17.5 Å². The number of nitrogens with zero attached hydrogens (tertiary/aromatic N) is 1. The van der Waals surface area contributed by atoms with E-state index in [1.54, 1.807) is 6.20 Å². The van der Waals surface area contributed by atoms with Crippen molar-refractivity contribution < 1.29 is 0 Å². The van der Waals surface area contributed by atoms with Crippen molar-refractivity contribution in [3.8, 4) is 0 Å². The van der Waals surface area contributed by atoms with E-state index < -0.39 is 0 Å². The summed E-state index contributed by atoms with van der Waals surface area (Å²) in [6.07, 6.45) is 3.57. The second-order valence-corrected chi connectivity index (χ2v) is 3.86. The largest absolute Gasteiger partial charge is 0.399 e. The van der Waals surface area contributed by atoms with E-state index >= 15 is 0 Å². The van der Waals surface area contributed by atoms with Gasteiger partial charge in [0.25, 0.3) is 0 Å². The molecule has 0 fully saturated rings. The summed E-state index contributed by atoms with van der Waals surface area (Å²) < 4.78 is 0. The van der Waals surface area contributed by atoms with E-state index in [-0.39, 0.29) is 24.8 Å². The van der Waals surface area contributed by atoms with Crippen molar-refractivity contribution in [1.82, 2.24) is 0 Å². The molecule has 0 unspecified atom stereocenters. The molecule has 5 heteroatoms. The minimum Gasteiger partial charge on any atom is -0.399 e. The summed E-state index contributed by atoms with van der Waals surface area (Å²) in [5.74, 6) is 0.502. The molecule has 0 saturated heterocycles. The van der Waals surface area contributed by atoms with Crippen LogP contribution >= 0.6 is 24.8 Å². The summed E-state index contributed by atoms with van der Waals surface area (Å²) in [7, 11) is 0. The number of aliphatic imine (C=N–C) groups is 1. The number of benzene rings is 2. The molecule has 0 heterocycles. The van der Waals surface area contributed by atoms with E-state index in [1.807, 2.05) is 60.7 Å². The Morgan fingerprint density at radius 1 is 0.900 bits per heavy atom. The predicted molar refractivity (Wildman–Crippen MR) is 91.6 cm³/mol. The first-order valence-electron chi connectivity index (χ1n) is 5.66. The average Bonchev–Trinajstić information content (AvgIpc) is 2.42. The third-order valence-electron chi connectivity index (χ3n) is 2.49. The molecule has 2 aromatic rings. The van der Waals surface area contributed by atoms with Gasteiger partial charge in [0.1, 0.15) is 5.84 Å². The number of anilines is 1. The zero-order chi connectivity index (χ0) is 12.8. The Kier molecular flexibility index (Phi) is 8.13. The third kappa shape index (κ3) is 5.34. The average molecular weight is 310 g/mol. The highest BCUT2D eigenvalue weighted by atomic mass is 35.5. The lowest BCUT2D eigenvalue weighted by molar-refractivity contribution is 1.47. The van der Waals surface area contributed by atoms with Gasteiger partial charge in [-0.15, -0.1) is 24.8 Å². The summed E-state index contributed by atoms with van der Waals surface area (Å²) >= 11 is 0. The van der Waals surface area contributed by atoms with E-state index in [4.69, 9.17) is 11.5 Å². The monoisotopic (exact) mass is 309 g/mol. The second kappa shape index (κ2) is 9.02. The van der Waals surface area contributed by atoms with Crippen LogP contribution < -0.4 is 11.5 Å². The van der Waals surface area contributed by atoms with Gasteiger partial charge in [0.15, 0.2) is 0 Å². The first-order valence-corrected chi connectivity index (χ1v) is 5.66. The highest BCUT2D eigenvalue weighted by molar-refractivity contribution is 5.97. The highest BCUT2D eigenvalue weighted by Gasteiger charge is 1.93. The minimum atomic E-state index is 0. The number of halogens is 2. The molecular weight excluding hydrogens is 293 g/mol. The van der Waals surface area contributed by atoms with Crippen LogP contribution in [0.3, 0.4) is 0 Å². The molecule has 0 aromatic heterocycles. The van der Waals surface area contributed by atoms with Crippen molar-refractivity contribution in [2.45, 2.75) is 0 Å². The van der Waals surface area contributed by atoms with E-state index in [1.165, 1.54) is 0 Å². The number of amidine groups is 1. The SMILES string of the molecule is Cl.Cl.NC(=NC=Cc1ccc(N)cc1)c1ccccc1. The molecule has 0 atom stereocenters. The second-order valence-electron chi connectivity index (χ2n) is 3.86. The molecule has 0 bridgehead atoms. The van der Waals surface area contributed by atoms with Crippen LogP contribution in [0.15, 0.2) is 65.8 Å². The summed E-state index contributed by atoms with van der Waals surface area (Å²) in [5.41, 5.74) is 14.2. The third-order valence-corrected chi connectivity index (χ3v) is 2.49. The lowest BCUT2D eigenvalue weighted by atomic mass is 10.2. The van der Waals surface area contributed by atoms with Crippen LogP contribution in [0.4, 0.5) is 5.69 Å². The van der Waals surface area contributed by atoms with Crippen molar-refractivity contribution in [1.29, 1.82) is 0 Å². The molecule has 2 aromatic carbocycles. The van der Waals surface area contributed by atoms with Crippen molar-refractivity contribution in [3.63, 3.8) is 0 Å². The number of nitrogen functional groups attached to an aromatic ring is 1. The zero-order valence-corrected chi connectivity index (χ0v) is 12.4. The van der Waals surface area contributed by atoms with Crippen LogP contribution in [0.25, 0.3) is 6.08 Å². The molecule has 0 aliphatic rings. The van der Waals surface area contributed by atoms with E-state index in [0.717, 1.165) is 16.8 Å². The van der Waals surface area contributed by atoms with Gasteiger partial charge in [-0.05, 0) is 23.8 Å². The summed E-state index contributed by atoms with van der Waals surface area (Å²) in [6, 6.07) is 17.2. The van der Waals surface area contributed by atoms with Gasteiger partial charge in [-0.1, -0.05) is 42.5 Å². The van der Waals surface area contributed by atoms with Crippen LogP contribution in [-0.4, -0.2) is 5.84 Å². The normalized spacial score (nSPS) is 10.7. The molecule has 0 aliphatic heterocycles. The molecule has 2 rings (SSSR count). The molecule has 3 nitrogen and oxygen atoms in total. The van der Waals surface area contributed by atoms with Gasteiger partial charge in [-0.2, -0.15) is 0 Å². The molecular formula is C15H17Cl2N3. The minimum absolute atomic E-state index is 0. The molecule has 20 heavy (non-hydrogen) atoms. The predicted octanol–water partition coefficient (Wildman–Crippen LogP) is 3.49. The number of nitrogens with two attached hydrogens (primary N) is 2. The smallest absolute Gasteiger partial charge is 0.130 e. The van der Waals surface area contributed by atoms with Crippen LogP contribution in [-0.2, 0) is 0 Å². The first kappa shape index (κ1) is 18.0. The molecule has 0 saturated carbocycles. The molecule has 0 radical (unpaired) electrons. The fourth-order valence-corrected chi connectivity index (χ4v) is 1.49. The molecule has 0 amide bonds. The fourth-order valence-electron chi connectivity index (χ4n) is 1.49. The molecule has 4 N–H and O–H groups in total. The Hall–Kier alpha value is -1.97. The van der Waals surface area contributed by atoms with Crippen LogP contribution in [0.2, 0.25) is 0 Å². The van der Waals surface area contributed by atoms with E-state index in [0.29, 0.717) is 5.84 Å². The lowest BCUT2D eigenvalue weighted by Gasteiger charge is -1.97. The number of hydrogen-bond acceptors (Lipinski definition) is 2. The van der Waals surface area contributed by atoms with Crippen LogP contribution in [0.1, 0.15) is 11.1 Å². The van der Waals surface area contributed by atoms with Gasteiger partial charge >= 0.3 is 0 Å². The standard InChI is InChI=1S/C15H15N3.2ClH/c16-14-8-6-12(7-9-14)10-11-18-15(17)13-4-2-1-3-5-13;;/h1-11H,16H2,(H2,17,18);2*1H. The fraction of sp³-hybridized carbons (Fsp3) is 0. The Labute approximate surface area is 131 Å². The van der Waals surface area contributed by atoms with Gasteiger partial charge in [0.2, 0.25) is 0 Å². The molecule has 0 aliphatic carbocycles. The van der Waals surface area contributed by atoms with E-state index in [9.17, 15) is 0 Å². The lowest BCUT2D eigenvalue weighted by Crippen LogP contribution is -2.12. The number of hydrogen-bond donors (Lipinski definition) is 2. The van der Waals surface area contributed by atoms with Crippen LogP contribution in [0.5, 0.6) is 0 Å². The zero-order valence-electron chi connectivity index (χ0n) is 10.8. The van der Waals surface area contributed by atoms with Crippen LogP contribution in [0, 0.1) is 0 Å². The van der Waals surface area contributed by atoms with Gasteiger partial charge in [-0.3, -0.25) is 0 Å². The van der Waals surface area contributed by atoms with Crippen molar-refractivity contribution in [3.05, 3.63) is 71.9 Å². The summed E-state index contributed by atoms with van der Waals surface area (Å²) in [5, 5.41) is 0. The maximum absolute atomic E-state index is 5.86. The first-order chi connectivity index (χ1) is 8.75. The number of rotatable bonds is 3. The Balaban J connectivity index is 0.00000180. The molecule has 0 spiro atoms. The topological polar surface area (TPSA) is 64.4 Å². The summed E-state index contributed by atoms with van der Waals surface area (Å²) in [6.45, 7) is 0. The Morgan fingerprint density at radius 3 is 2.10 bits per heavy atom. The van der Waals surface area contributed by atoms with Crippen molar-refractivity contribution >= 4 is 42.4 Å². The summed E-state index contributed by atoms with van der Waals surface area (Å²) in [4.78, 5) is 4.19. The molecule has 106 valence electrons.